The molecule has 1 atom stereocenters. The quantitative estimate of drug-likeness (QED) is 0.326. The van der Waals surface area contributed by atoms with Gasteiger partial charge in [-0.3, -0.25) is 4.79 Å². The summed E-state index contributed by atoms with van der Waals surface area (Å²) in [5.41, 5.74) is 4.32. The lowest BCUT2D eigenvalue weighted by molar-refractivity contribution is -0.113. The van der Waals surface area contributed by atoms with Crippen LogP contribution in [-0.2, 0) is 31.3 Å². The Morgan fingerprint density at radius 3 is 2.70 bits per heavy atom. The first-order valence-corrected chi connectivity index (χ1v) is 14.5. The number of aromatic nitrogens is 3. The summed E-state index contributed by atoms with van der Waals surface area (Å²) in [6.07, 6.45) is 4.10. The third kappa shape index (κ3) is 6.19. The molecule has 7 nitrogen and oxygen atoms in total. The van der Waals surface area contributed by atoms with Crippen LogP contribution >= 0.6 is 23.1 Å². The number of hydrogen-bond donors (Lipinski definition) is 1. The van der Waals surface area contributed by atoms with Gasteiger partial charge in [-0.2, -0.15) is 5.26 Å². The largest absolute Gasteiger partial charge is 0.486 e. The van der Waals surface area contributed by atoms with Crippen molar-refractivity contribution in [2.45, 2.75) is 72.1 Å². The van der Waals surface area contributed by atoms with Crippen molar-refractivity contribution in [3.05, 3.63) is 51.2 Å². The zero-order valence-electron chi connectivity index (χ0n) is 22.5. The van der Waals surface area contributed by atoms with E-state index < -0.39 is 0 Å². The zero-order valence-corrected chi connectivity index (χ0v) is 24.1. The van der Waals surface area contributed by atoms with Gasteiger partial charge in [0.1, 0.15) is 23.4 Å². The highest BCUT2D eigenvalue weighted by Crippen LogP contribution is 2.45. The maximum absolute atomic E-state index is 12.8. The minimum absolute atomic E-state index is 0.151. The standard InChI is InChI=1S/C28H35N5O2S2/c1-7-28(4,5)19-8-9-21-22(14-29)26(37-23(21)13-19)30-25(34)16-36-27-32-31-24(33(27)6)15-35-20-11-17(2)10-18(3)12-20/h10-12,19H,7-9,13,15-16H2,1-6H3,(H,30,34). The van der Waals surface area contributed by atoms with E-state index in [1.165, 1.54) is 16.6 Å². The lowest BCUT2D eigenvalue weighted by atomic mass is 9.69. The molecule has 0 fully saturated rings. The number of carbonyl (C=O) groups is 1. The number of hydrogen-bond acceptors (Lipinski definition) is 7. The molecule has 0 radical (unpaired) electrons. The van der Waals surface area contributed by atoms with Crippen LogP contribution in [0.25, 0.3) is 0 Å². The number of ether oxygens (including phenoxy) is 1. The van der Waals surface area contributed by atoms with Crippen LogP contribution in [0.4, 0.5) is 5.00 Å². The summed E-state index contributed by atoms with van der Waals surface area (Å²) >= 11 is 2.89. The van der Waals surface area contributed by atoms with Gasteiger partial charge in [0.15, 0.2) is 11.0 Å². The lowest BCUT2D eigenvalue weighted by Crippen LogP contribution is -2.28. The van der Waals surface area contributed by atoms with Crippen LogP contribution in [0.15, 0.2) is 23.4 Å². The molecule has 1 N–H and O–H groups in total. The Labute approximate surface area is 227 Å². The number of rotatable bonds is 9. The second-order valence-corrected chi connectivity index (χ2v) is 12.6. The van der Waals surface area contributed by atoms with Gasteiger partial charge in [-0.1, -0.05) is 45.0 Å². The molecule has 37 heavy (non-hydrogen) atoms. The fourth-order valence-corrected chi connectivity index (χ4v) is 6.83. The van der Waals surface area contributed by atoms with Crippen LogP contribution < -0.4 is 10.1 Å². The molecule has 1 amide bonds. The zero-order chi connectivity index (χ0) is 26.7. The van der Waals surface area contributed by atoms with Crippen molar-refractivity contribution in [1.29, 1.82) is 5.26 Å². The first-order valence-electron chi connectivity index (χ1n) is 12.7. The third-order valence-corrected chi connectivity index (χ3v) is 9.66. The Kier molecular flexibility index (Phi) is 8.29. The van der Waals surface area contributed by atoms with E-state index in [1.54, 1.807) is 11.3 Å². The van der Waals surface area contributed by atoms with Gasteiger partial charge >= 0.3 is 0 Å². The van der Waals surface area contributed by atoms with E-state index in [0.29, 0.717) is 34.1 Å². The number of thiophene rings is 1. The molecule has 3 aromatic rings. The van der Waals surface area contributed by atoms with Crippen molar-refractivity contribution in [2.75, 3.05) is 11.1 Å². The van der Waals surface area contributed by atoms with Gasteiger partial charge < -0.3 is 14.6 Å². The van der Waals surface area contributed by atoms with Gasteiger partial charge in [-0.25, -0.2) is 0 Å². The summed E-state index contributed by atoms with van der Waals surface area (Å²) in [4.78, 5) is 14.1. The van der Waals surface area contributed by atoms with Gasteiger partial charge in [-0.15, -0.1) is 21.5 Å². The summed E-state index contributed by atoms with van der Waals surface area (Å²) < 4.78 is 7.76. The van der Waals surface area contributed by atoms with Crippen molar-refractivity contribution in [1.82, 2.24) is 14.8 Å². The van der Waals surface area contributed by atoms with Gasteiger partial charge in [0.2, 0.25) is 5.91 Å². The maximum atomic E-state index is 12.8. The van der Waals surface area contributed by atoms with Crippen LogP contribution in [0.2, 0.25) is 0 Å². The van der Waals surface area contributed by atoms with Crippen molar-refractivity contribution in [2.24, 2.45) is 18.4 Å². The van der Waals surface area contributed by atoms with E-state index in [0.717, 1.165) is 48.1 Å². The molecule has 9 heteroatoms. The molecule has 1 aliphatic carbocycles. The number of carbonyl (C=O) groups excluding carboxylic acids is 1. The smallest absolute Gasteiger partial charge is 0.235 e. The average molecular weight is 538 g/mol. The number of benzene rings is 1. The minimum Gasteiger partial charge on any atom is -0.486 e. The second kappa shape index (κ2) is 11.3. The Bertz CT molecular complexity index is 1310. The fourth-order valence-electron chi connectivity index (χ4n) is 4.80. The highest BCUT2D eigenvalue weighted by molar-refractivity contribution is 7.99. The Balaban J connectivity index is 1.36. The van der Waals surface area contributed by atoms with E-state index in [1.807, 2.05) is 37.6 Å². The van der Waals surface area contributed by atoms with Crippen LogP contribution in [0.3, 0.4) is 0 Å². The van der Waals surface area contributed by atoms with Crippen molar-refractivity contribution in [3.63, 3.8) is 0 Å². The van der Waals surface area contributed by atoms with E-state index in [4.69, 9.17) is 4.74 Å². The molecule has 0 saturated carbocycles. The third-order valence-electron chi connectivity index (χ3n) is 7.47. The number of amides is 1. The van der Waals surface area contributed by atoms with E-state index in [2.05, 4.69) is 48.4 Å². The van der Waals surface area contributed by atoms with Crippen molar-refractivity contribution in [3.8, 4) is 11.8 Å². The summed E-state index contributed by atoms with van der Waals surface area (Å²) in [5, 5.41) is 22.6. The number of thioether (sulfide) groups is 1. The minimum atomic E-state index is -0.151. The molecule has 2 heterocycles. The predicted molar refractivity (Wildman–Crippen MR) is 149 cm³/mol. The highest BCUT2D eigenvalue weighted by atomic mass is 32.2. The molecule has 0 spiro atoms. The molecule has 1 unspecified atom stereocenters. The second-order valence-electron chi connectivity index (χ2n) is 10.5. The van der Waals surface area contributed by atoms with E-state index in [-0.39, 0.29) is 17.1 Å². The van der Waals surface area contributed by atoms with E-state index in [9.17, 15) is 10.1 Å². The summed E-state index contributed by atoms with van der Waals surface area (Å²) in [6.45, 7) is 11.3. The fraction of sp³-hybridized carbons (Fsp3) is 0.500. The summed E-state index contributed by atoms with van der Waals surface area (Å²) in [7, 11) is 1.87. The molecule has 0 saturated heterocycles. The monoisotopic (exact) mass is 537 g/mol. The summed E-state index contributed by atoms with van der Waals surface area (Å²) in [6, 6.07) is 8.43. The predicted octanol–water partition coefficient (Wildman–Crippen LogP) is 6.22. The first-order chi connectivity index (χ1) is 17.6. The number of anilines is 1. The number of nitrogens with one attached hydrogen (secondary N) is 1. The van der Waals surface area contributed by atoms with Crippen LogP contribution in [0, 0.1) is 36.5 Å². The van der Waals surface area contributed by atoms with Crippen molar-refractivity contribution >= 4 is 34.0 Å². The van der Waals surface area contributed by atoms with Gasteiger partial charge in [0.05, 0.1) is 11.3 Å². The number of nitrogens with zero attached hydrogens (tertiary/aromatic N) is 4. The number of nitriles is 1. The lowest BCUT2D eigenvalue weighted by Gasteiger charge is -2.36. The average Bonchev–Trinajstić information content (AvgIpc) is 3.38. The topological polar surface area (TPSA) is 92.8 Å². The Hall–Kier alpha value is -2.83. The normalized spacial score (nSPS) is 15.2. The molecule has 1 aromatic carbocycles. The Morgan fingerprint density at radius 1 is 1.30 bits per heavy atom. The van der Waals surface area contributed by atoms with Crippen LogP contribution in [0.1, 0.15) is 66.6 Å². The number of aryl methyl sites for hydroxylation is 2. The summed E-state index contributed by atoms with van der Waals surface area (Å²) in [5.74, 6) is 2.11. The van der Waals surface area contributed by atoms with Crippen LogP contribution in [0.5, 0.6) is 5.75 Å². The SMILES string of the molecule is CCC(C)(C)C1CCc2c(sc(NC(=O)CSc3nnc(COc4cc(C)cc(C)c4)n3C)c2C#N)C1. The van der Waals surface area contributed by atoms with Gasteiger partial charge in [0.25, 0.3) is 0 Å². The molecule has 4 rings (SSSR count). The van der Waals surface area contributed by atoms with Crippen molar-refractivity contribution < 1.29 is 9.53 Å². The molecule has 1 aliphatic rings. The van der Waals surface area contributed by atoms with Gasteiger partial charge in [-0.05, 0) is 73.3 Å². The molecular formula is C28H35N5O2S2. The molecule has 196 valence electrons. The molecular weight excluding hydrogens is 502 g/mol. The highest BCUT2D eigenvalue weighted by Gasteiger charge is 2.34. The molecule has 2 aromatic heterocycles. The maximum Gasteiger partial charge on any atom is 0.235 e. The van der Waals surface area contributed by atoms with Gasteiger partial charge in [0, 0.05) is 11.9 Å². The first kappa shape index (κ1) is 27.2. The van der Waals surface area contributed by atoms with E-state index >= 15 is 0 Å². The Morgan fingerprint density at radius 2 is 2.03 bits per heavy atom. The molecule has 0 aliphatic heterocycles. The number of fused-ring (bicyclic) bond motifs is 1. The molecule has 0 bridgehead atoms. The van der Waals surface area contributed by atoms with Crippen LogP contribution in [-0.4, -0.2) is 26.4 Å².